The molecule has 2 aliphatic rings. The molecule has 38 heavy (non-hydrogen) atoms. The summed E-state index contributed by atoms with van der Waals surface area (Å²) < 4.78 is 27.3. The Bertz CT molecular complexity index is 1370. The first-order valence-electron chi connectivity index (χ1n) is 12.7. The third-order valence-electron chi connectivity index (χ3n) is 7.00. The van der Waals surface area contributed by atoms with Crippen molar-refractivity contribution in [2.75, 3.05) is 17.3 Å². The van der Waals surface area contributed by atoms with Crippen molar-refractivity contribution >= 4 is 45.5 Å². The molecule has 0 spiro atoms. The number of fused-ring (bicyclic) bond motifs is 1. The largest absolute Gasteiger partial charge is 0.321 e. The second-order valence-electron chi connectivity index (χ2n) is 10.0. The fourth-order valence-electron chi connectivity index (χ4n) is 4.87. The minimum absolute atomic E-state index is 0.176. The van der Waals surface area contributed by atoms with Gasteiger partial charge in [0.1, 0.15) is 0 Å². The molecule has 2 aromatic rings. The minimum Gasteiger partial charge on any atom is -0.311 e. The van der Waals surface area contributed by atoms with Gasteiger partial charge in [0.25, 0.3) is 15.9 Å². The highest BCUT2D eigenvalue weighted by Crippen LogP contribution is 2.38. The van der Waals surface area contributed by atoms with Crippen LogP contribution in [-0.2, 0) is 19.6 Å². The van der Waals surface area contributed by atoms with E-state index in [1.165, 1.54) is 29.2 Å². The summed E-state index contributed by atoms with van der Waals surface area (Å²) in [6.07, 6.45) is 6.01. The number of sulfonamides is 1. The summed E-state index contributed by atoms with van der Waals surface area (Å²) in [7, 11) is -2.45. The molecule has 202 valence electrons. The topological polar surface area (TPSA) is 137 Å². The van der Waals surface area contributed by atoms with Crippen LogP contribution < -0.4 is 20.3 Å². The highest BCUT2D eigenvalue weighted by Gasteiger charge is 2.49. The Hall–Kier alpha value is -3.73. The number of benzene rings is 2. The molecular weight excluding hydrogens is 506 g/mol. The lowest BCUT2D eigenvalue weighted by Gasteiger charge is -2.40. The number of nitrogens with zero attached hydrogens (tertiary/aromatic N) is 2. The molecule has 1 aliphatic heterocycles. The van der Waals surface area contributed by atoms with Crippen LogP contribution in [0.3, 0.4) is 0 Å². The van der Waals surface area contributed by atoms with Crippen molar-refractivity contribution in [3.8, 4) is 0 Å². The van der Waals surface area contributed by atoms with Crippen LogP contribution in [-0.4, -0.2) is 45.2 Å². The van der Waals surface area contributed by atoms with Crippen molar-refractivity contribution in [3.05, 3.63) is 54.1 Å². The van der Waals surface area contributed by atoms with Crippen LogP contribution in [0.15, 0.2) is 58.4 Å². The number of amides is 4. The van der Waals surface area contributed by atoms with Gasteiger partial charge in [0.2, 0.25) is 11.6 Å². The highest BCUT2D eigenvalue weighted by molar-refractivity contribution is 7.90. The van der Waals surface area contributed by atoms with E-state index in [1.54, 1.807) is 27.1 Å². The molecule has 0 bridgehead atoms. The maximum Gasteiger partial charge on any atom is 0.321 e. The van der Waals surface area contributed by atoms with Gasteiger partial charge in [-0.15, -0.1) is 0 Å². The molecule has 1 atom stereocenters. The van der Waals surface area contributed by atoms with Crippen molar-refractivity contribution in [1.29, 1.82) is 0 Å². The Balaban J connectivity index is 1.61. The van der Waals surface area contributed by atoms with E-state index in [2.05, 4.69) is 10.6 Å². The molecule has 2 aromatic carbocycles. The standard InChI is InChI=1S/C27H33N5O5S/c1-18(2)24(33)31-38(36,37)22-14-9-13-21(16-22)29-26(35)30-27(20-11-5-4-6-12-20)25(34)32(3)23-15-8-7-10-19(23)17-28-27/h7-10,13-18,20H,4-6,11-12H2,1-3H3,(H,31,33)(H2,29,30,35). The van der Waals surface area contributed by atoms with Gasteiger partial charge >= 0.3 is 6.03 Å². The summed E-state index contributed by atoms with van der Waals surface area (Å²) >= 11 is 0. The molecule has 1 heterocycles. The van der Waals surface area contributed by atoms with Gasteiger partial charge in [0, 0.05) is 36.3 Å². The number of likely N-dealkylation sites (N-methyl/N-ethyl adjacent to an activating group) is 1. The van der Waals surface area contributed by atoms with E-state index < -0.39 is 33.5 Å². The molecule has 0 radical (unpaired) electrons. The Morgan fingerprint density at radius 3 is 2.47 bits per heavy atom. The van der Waals surface area contributed by atoms with Crippen molar-refractivity contribution in [2.24, 2.45) is 16.8 Å². The van der Waals surface area contributed by atoms with E-state index in [9.17, 15) is 22.8 Å². The van der Waals surface area contributed by atoms with Gasteiger partial charge in [0.05, 0.1) is 10.6 Å². The molecule has 4 rings (SSSR count). The lowest BCUT2D eigenvalue weighted by atomic mass is 9.79. The van der Waals surface area contributed by atoms with Crippen LogP contribution in [0.2, 0.25) is 0 Å². The number of nitrogens with one attached hydrogen (secondary N) is 3. The lowest BCUT2D eigenvalue weighted by molar-refractivity contribution is -0.126. The average Bonchev–Trinajstić information content (AvgIpc) is 3.00. The van der Waals surface area contributed by atoms with Crippen LogP contribution >= 0.6 is 0 Å². The summed E-state index contributed by atoms with van der Waals surface area (Å²) in [6, 6.07) is 12.3. The molecule has 1 unspecified atom stereocenters. The van der Waals surface area contributed by atoms with Crippen molar-refractivity contribution in [2.45, 2.75) is 56.5 Å². The quantitative estimate of drug-likeness (QED) is 0.515. The molecule has 1 saturated carbocycles. The summed E-state index contributed by atoms with van der Waals surface area (Å²) in [5, 5.41) is 5.50. The third-order valence-corrected chi connectivity index (χ3v) is 8.34. The lowest BCUT2D eigenvalue weighted by Crippen LogP contribution is -2.63. The molecule has 0 aromatic heterocycles. The zero-order valence-corrected chi connectivity index (χ0v) is 22.5. The van der Waals surface area contributed by atoms with Crippen molar-refractivity contribution < 1.29 is 22.8 Å². The number of aliphatic imine (C=N–C) groups is 1. The number of hydrogen-bond donors (Lipinski definition) is 3. The third kappa shape index (κ3) is 5.57. The first-order chi connectivity index (χ1) is 18.0. The number of urea groups is 1. The normalized spacial score (nSPS) is 20.0. The maximum atomic E-state index is 13.9. The van der Waals surface area contributed by atoms with Crippen LogP contribution in [0.4, 0.5) is 16.2 Å². The average molecular weight is 540 g/mol. The predicted molar refractivity (Wildman–Crippen MR) is 146 cm³/mol. The van der Waals surface area contributed by atoms with Gasteiger partial charge in [0.15, 0.2) is 0 Å². The Morgan fingerprint density at radius 2 is 1.76 bits per heavy atom. The Morgan fingerprint density at radius 1 is 1.05 bits per heavy atom. The van der Waals surface area contributed by atoms with E-state index in [0.717, 1.165) is 37.7 Å². The Kier molecular flexibility index (Phi) is 7.86. The zero-order chi connectivity index (χ0) is 27.5. The monoisotopic (exact) mass is 539 g/mol. The van der Waals surface area contributed by atoms with E-state index in [0.29, 0.717) is 5.69 Å². The van der Waals surface area contributed by atoms with Gasteiger partial charge in [-0.1, -0.05) is 57.4 Å². The summed E-state index contributed by atoms with van der Waals surface area (Å²) in [4.78, 5) is 45.2. The second kappa shape index (κ2) is 10.9. The van der Waals surface area contributed by atoms with Crippen molar-refractivity contribution in [3.63, 3.8) is 0 Å². The SMILES string of the molecule is CC(C)C(=O)NS(=O)(=O)c1cccc(NC(=O)NC2(C3CCCCC3)N=Cc3ccccc3N(C)C2=O)c1. The summed E-state index contributed by atoms with van der Waals surface area (Å²) in [6.45, 7) is 3.17. The molecule has 3 N–H and O–H groups in total. The number of rotatable bonds is 6. The van der Waals surface area contributed by atoms with Crippen LogP contribution in [0.5, 0.6) is 0 Å². The second-order valence-corrected chi connectivity index (χ2v) is 11.7. The number of benzodiazepines with no additional fused rings is 1. The fourth-order valence-corrected chi connectivity index (χ4v) is 6.03. The number of carbonyl (C=O) groups is 3. The molecule has 0 saturated heterocycles. The molecule has 4 amide bonds. The summed E-state index contributed by atoms with van der Waals surface area (Å²) in [5.74, 6) is -1.70. The zero-order valence-electron chi connectivity index (χ0n) is 21.7. The van der Waals surface area contributed by atoms with E-state index in [-0.39, 0.29) is 22.4 Å². The van der Waals surface area contributed by atoms with Crippen LogP contribution in [0.1, 0.15) is 51.5 Å². The number of anilines is 2. The molecule has 1 aliphatic carbocycles. The molecule has 10 nitrogen and oxygen atoms in total. The highest BCUT2D eigenvalue weighted by atomic mass is 32.2. The molecule has 1 fully saturated rings. The van der Waals surface area contributed by atoms with Crippen molar-refractivity contribution in [1.82, 2.24) is 10.0 Å². The first kappa shape index (κ1) is 27.3. The summed E-state index contributed by atoms with van der Waals surface area (Å²) in [5.41, 5.74) is 0.127. The van der Waals surface area contributed by atoms with Gasteiger partial charge in [-0.2, -0.15) is 0 Å². The predicted octanol–water partition coefficient (Wildman–Crippen LogP) is 3.64. The number of para-hydroxylation sites is 1. The van der Waals surface area contributed by atoms with Gasteiger partial charge in [-0.05, 0) is 37.1 Å². The molecular formula is C27H33N5O5S. The van der Waals surface area contributed by atoms with Gasteiger partial charge in [-0.3, -0.25) is 14.6 Å². The smallest absolute Gasteiger partial charge is 0.311 e. The van der Waals surface area contributed by atoms with E-state index >= 15 is 0 Å². The first-order valence-corrected chi connectivity index (χ1v) is 14.2. The Labute approximate surface area is 223 Å². The number of carbonyl (C=O) groups excluding carboxylic acids is 3. The van der Waals surface area contributed by atoms with Crippen LogP contribution in [0, 0.1) is 11.8 Å². The minimum atomic E-state index is -4.13. The molecule has 11 heteroatoms. The van der Waals surface area contributed by atoms with E-state index in [4.69, 9.17) is 4.99 Å². The number of hydrogen-bond acceptors (Lipinski definition) is 6. The van der Waals surface area contributed by atoms with Gasteiger partial charge < -0.3 is 15.5 Å². The van der Waals surface area contributed by atoms with Gasteiger partial charge in [-0.25, -0.2) is 17.9 Å². The maximum absolute atomic E-state index is 13.9. The van der Waals surface area contributed by atoms with E-state index in [1.807, 2.05) is 29.0 Å². The van der Waals surface area contributed by atoms with Crippen LogP contribution in [0.25, 0.3) is 0 Å². The fraction of sp³-hybridized carbons (Fsp3) is 0.407.